The number of rotatable bonds is 7. The fraction of sp³-hybridized carbons (Fsp3) is 0.111. The van der Waals surface area contributed by atoms with Crippen molar-refractivity contribution in [1.29, 1.82) is 0 Å². The minimum absolute atomic E-state index is 0.137. The van der Waals surface area contributed by atoms with Crippen molar-refractivity contribution in [3.63, 3.8) is 0 Å². The summed E-state index contributed by atoms with van der Waals surface area (Å²) in [4.78, 5) is 25.7. The average Bonchev–Trinajstić information content (AvgIpc) is 3.20. The van der Waals surface area contributed by atoms with Crippen LogP contribution in [0.3, 0.4) is 0 Å². The van der Waals surface area contributed by atoms with Crippen LogP contribution >= 0.6 is 0 Å². The number of methoxy groups -OCH3 is 1. The summed E-state index contributed by atoms with van der Waals surface area (Å²) in [7, 11) is 1.47. The fourth-order valence-corrected chi connectivity index (χ4v) is 2.58. The lowest BCUT2D eigenvalue weighted by molar-refractivity contribution is -0.394. The Labute approximate surface area is 174 Å². The largest absolute Gasteiger partial charge is 0.867 e. The summed E-state index contributed by atoms with van der Waals surface area (Å²) in [5, 5.41) is 48.4. The number of carbonyl (C=O) groups excluding carboxylic acids is 1. The van der Waals surface area contributed by atoms with E-state index in [0.29, 0.717) is 16.9 Å². The number of aromatic nitrogens is 3. The lowest BCUT2D eigenvalue weighted by Crippen LogP contribution is -2.17. The van der Waals surface area contributed by atoms with Gasteiger partial charge < -0.3 is 30.2 Å². The predicted octanol–water partition coefficient (Wildman–Crippen LogP) is 0.492. The summed E-state index contributed by atoms with van der Waals surface area (Å²) in [6, 6.07) is 6.80. The van der Waals surface area contributed by atoms with Gasteiger partial charge in [-0.05, 0) is 46.6 Å². The molecule has 0 fully saturated rings. The molecule has 0 saturated carbocycles. The van der Waals surface area contributed by atoms with Crippen LogP contribution < -0.4 is 15.3 Å². The third-order valence-corrected chi connectivity index (χ3v) is 4.02. The van der Waals surface area contributed by atoms with E-state index < -0.39 is 34.0 Å². The molecule has 0 bridgehead atoms. The van der Waals surface area contributed by atoms with Crippen molar-refractivity contribution in [1.82, 2.24) is 20.2 Å². The summed E-state index contributed by atoms with van der Waals surface area (Å²) in [6.45, 7) is 0.137. The molecular formula is C18H15N6O7-. The van der Waals surface area contributed by atoms with Gasteiger partial charge in [-0.15, -0.1) is 0 Å². The van der Waals surface area contributed by atoms with Crippen LogP contribution in [0.4, 0.5) is 5.95 Å². The maximum absolute atomic E-state index is 12.1. The Balaban J connectivity index is 1.74. The van der Waals surface area contributed by atoms with E-state index in [-0.39, 0.29) is 12.1 Å². The quantitative estimate of drug-likeness (QED) is 0.274. The van der Waals surface area contributed by atoms with E-state index in [0.717, 1.165) is 12.1 Å². The molecule has 3 N–H and O–H groups in total. The highest BCUT2D eigenvalue weighted by Crippen LogP contribution is 2.32. The molecule has 0 atom stereocenters. The van der Waals surface area contributed by atoms with Gasteiger partial charge in [0.15, 0.2) is 0 Å². The van der Waals surface area contributed by atoms with Gasteiger partial charge in [0, 0.05) is 16.2 Å². The molecule has 1 heterocycles. The van der Waals surface area contributed by atoms with Gasteiger partial charge in [0.25, 0.3) is 5.91 Å². The maximum Gasteiger partial charge on any atom is 0.490 e. The summed E-state index contributed by atoms with van der Waals surface area (Å²) in [5.74, 6) is -3.29. The molecule has 2 aromatic carbocycles. The van der Waals surface area contributed by atoms with Crippen molar-refractivity contribution < 1.29 is 29.8 Å². The minimum atomic E-state index is -0.983. The molecule has 13 heteroatoms. The zero-order valence-corrected chi connectivity index (χ0v) is 15.9. The molecule has 0 saturated heterocycles. The van der Waals surface area contributed by atoms with E-state index in [9.17, 15) is 30.2 Å². The number of nitro groups is 1. The molecule has 0 radical (unpaired) electrons. The van der Waals surface area contributed by atoms with Gasteiger partial charge in [-0.2, -0.15) is 9.78 Å². The van der Waals surface area contributed by atoms with Gasteiger partial charge >= 0.3 is 5.95 Å². The van der Waals surface area contributed by atoms with E-state index in [2.05, 4.69) is 20.6 Å². The Morgan fingerprint density at radius 3 is 2.65 bits per heavy atom. The zero-order valence-electron chi connectivity index (χ0n) is 15.9. The molecule has 13 nitrogen and oxygen atoms in total. The molecule has 31 heavy (non-hydrogen) atoms. The van der Waals surface area contributed by atoms with Crippen LogP contribution in [0, 0.1) is 10.1 Å². The second-order valence-electron chi connectivity index (χ2n) is 6.11. The van der Waals surface area contributed by atoms with Crippen LogP contribution in [0.1, 0.15) is 21.5 Å². The lowest BCUT2D eigenvalue weighted by Gasteiger charge is -2.12. The van der Waals surface area contributed by atoms with Gasteiger partial charge in [0.05, 0.1) is 19.9 Å². The summed E-state index contributed by atoms with van der Waals surface area (Å²) in [6.07, 6.45) is 2.54. The number of hydrogen-bond acceptors (Lipinski definition) is 10. The van der Waals surface area contributed by atoms with Crippen LogP contribution in [-0.2, 0) is 6.54 Å². The van der Waals surface area contributed by atoms with Crippen molar-refractivity contribution in [2.24, 2.45) is 5.10 Å². The fourth-order valence-electron chi connectivity index (χ4n) is 2.58. The topological polar surface area (TPSA) is 188 Å². The number of nitrogens with zero attached hydrogens (tertiary/aromatic N) is 5. The van der Waals surface area contributed by atoms with Crippen LogP contribution in [-0.4, -0.2) is 49.1 Å². The number of phenols is 2. The van der Waals surface area contributed by atoms with Crippen molar-refractivity contribution in [2.75, 3.05) is 7.11 Å². The third-order valence-electron chi connectivity index (χ3n) is 4.02. The molecule has 1 amide bonds. The Morgan fingerprint density at radius 1 is 1.32 bits per heavy atom. The normalized spacial score (nSPS) is 10.9. The Kier molecular flexibility index (Phi) is 5.95. The van der Waals surface area contributed by atoms with Crippen LogP contribution in [0.25, 0.3) is 0 Å². The Hall–Kier alpha value is -4.68. The number of carbonyl (C=O) groups is 1. The molecule has 0 aliphatic heterocycles. The number of aromatic hydroxyl groups is 2. The number of amides is 1. The molecule has 3 aromatic rings. The third kappa shape index (κ3) is 4.84. The van der Waals surface area contributed by atoms with Crippen LogP contribution in [0.15, 0.2) is 41.8 Å². The molecule has 3 rings (SSSR count). The number of hydrogen-bond donors (Lipinski definition) is 3. The van der Waals surface area contributed by atoms with Gasteiger partial charge in [0.1, 0.15) is 17.2 Å². The standard InChI is InChI=1S/C18H16N6O7/c1-31-15-3-2-10(4-12(15)8-23-9-19-18(22-23)24(29)30)7-20-21-17(28)11-5-13(25)16(27)14(26)6-11/h2-7,9,25-27H,8H2,1H3,(H,21,28)/p-1/b20-7+. The second-order valence-corrected chi connectivity index (χ2v) is 6.11. The minimum Gasteiger partial charge on any atom is -0.867 e. The first kappa shape index (κ1) is 21.0. The molecule has 160 valence electrons. The van der Waals surface area contributed by atoms with E-state index in [1.54, 1.807) is 18.2 Å². The molecule has 0 spiro atoms. The smallest absolute Gasteiger partial charge is 0.490 e. The Bertz CT molecular complexity index is 1150. The molecule has 0 aliphatic carbocycles. The number of phenolic OH excluding ortho intramolecular Hbond substituents is 2. The van der Waals surface area contributed by atoms with E-state index in [1.165, 1.54) is 24.3 Å². The predicted molar refractivity (Wildman–Crippen MR) is 103 cm³/mol. The average molecular weight is 427 g/mol. The highest BCUT2D eigenvalue weighted by Gasteiger charge is 2.15. The Morgan fingerprint density at radius 2 is 2.03 bits per heavy atom. The molecule has 0 aliphatic rings. The van der Waals surface area contributed by atoms with Crippen LogP contribution in [0.2, 0.25) is 0 Å². The second kappa shape index (κ2) is 8.77. The van der Waals surface area contributed by atoms with Gasteiger partial charge in [0.2, 0.25) is 6.33 Å². The van der Waals surface area contributed by atoms with Crippen LogP contribution in [0.5, 0.6) is 23.0 Å². The van der Waals surface area contributed by atoms with Crippen molar-refractivity contribution >= 4 is 18.1 Å². The molecular weight excluding hydrogens is 412 g/mol. The van der Waals surface area contributed by atoms with Crippen molar-refractivity contribution in [2.45, 2.75) is 6.54 Å². The van der Waals surface area contributed by atoms with E-state index in [4.69, 9.17) is 4.74 Å². The first-order valence-corrected chi connectivity index (χ1v) is 8.55. The van der Waals surface area contributed by atoms with E-state index in [1.807, 2.05) is 0 Å². The number of benzene rings is 2. The van der Waals surface area contributed by atoms with E-state index >= 15 is 0 Å². The monoisotopic (exact) mass is 427 g/mol. The number of ether oxygens (including phenoxy) is 1. The molecule has 0 unspecified atom stereocenters. The highest BCUT2D eigenvalue weighted by atomic mass is 16.6. The first-order valence-electron chi connectivity index (χ1n) is 8.55. The number of hydrazone groups is 1. The first-order chi connectivity index (χ1) is 14.8. The summed E-state index contributed by atoms with van der Waals surface area (Å²) >= 11 is 0. The van der Waals surface area contributed by atoms with Crippen molar-refractivity contribution in [3.05, 3.63) is 63.5 Å². The van der Waals surface area contributed by atoms with Gasteiger partial charge in [-0.1, -0.05) is 4.98 Å². The summed E-state index contributed by atoms with van der Waals surface area (Å²) in [5.41, 5.74) is 3.23. The zero-order chi connectivity index (χ0) is 22.5. The van der Waals surface area contributed by atoms with Gasteiger partial charge in [-0.25, -0.2) is 5.43 Å². The lowest BCUT2D eigenvalue weighted by atomic mass is 10.1. The van der Waals surface area contributed by atoms with Gasteiger partial charge in [-0.3, -0.25) is 4.79 Å². The maximum atomic E-state index is 12.1. The highest BCUT2D eigenvalue weighted by molar-refractivity contribution is 5.96. The SMILES string of the molecule is COc1ccc(/C=N/NC(=O)c2cc(O)c([O-])c(O)c2)cc1Cn1cnc([N+](=O)[O-])n1. The number of nitrogens with one attached hydrogen (secondary N) is 1. The molecule has 1 aromatic heterocycles. The van der Waals surface area contributed by atoms with Crippen molar-refractivity contribution in [3.8, 4) is 23.0 Å². The summed E-state index contributed by atoms with van der Waals surface area (Å²) < 4.78 is 6.55.